The van der Waals surface area contributed by atoms with Crippen molar-refractivity contribution in [1.29, 1.82) is 0 Å². The smallest absolute Gasteiger partial charge is 0.434 e. The third kappa shape index (κ3) is 4.88. The molecule has 2 aromatic carbocycles. The van der Waals surface area contributed by atoms with Crippen LogP contribution in [0.1, 0.15) is 29.9 Å². The Kier molecular flexibility index (Phi) is 6.28. The number of amides is 1. The van der Waals surface area contributed by atoms with Crippen LogP contribution in [0.15, 0.2) is 48.7 Å². The van der Waals surface area contributed by atoms with Gasteiger partial charge in [0.1, 0.15) is 5.75 Å². The van der Waals surface area contributed by atoms with Crippen molar-refractivity contribution in [2.75, 3.05) is 5.32 Å². The largest absolute Gasteiger partial charge is 0.489 e. The van der Waals surface area contributed by atoms with Gasteiger partial charge in [0.25, 0.3) is 5.91 Å². The van der Waals surface area contributed by atoms with Crippen LogP contribution in [0, 0.1) is 0 Å². The van der Waals surface area contributed by atoms with Gasteiger partial charge in [0.2, 0.25) is 0 Å². The summed E-state index contributed by atoms with van der Waals surface area (Å²) in [5.74, 6) is -0.577. The standard InChI is InChI=1S/C20H16Cl2F3N3O2/c1-11(2)30-17-8-5-13(9-16(17)22)27-19(29)15-10-26-28(18(15)20(23,24)25)14-6-3-12(21)4-7-14/h3-11H,1-2H3,(H,27,29). The van der Waals surface area contributed by atoms with E-state index < -0.39 is 23.3 Å². The number of hydrogen-bond acceptors (Lipinski definition) is 3. The zero-order valence-electron chi connectivity index (χ0n) is 15.8. The molecule has 0 aliphatic rings. The number of ether oxygens (including phenoxy) is 1. The van der Waals surface area contributed by atoms with Crippen LogP contribution < -0.4 is 10.1 Å². The first-order valence-electron chi connectivity index (χ1n) is 8.75. The fourth-order valence-electron chi connectivity index (χ4n) is 2.69. The van der Waals surface area contributed by atoms with Gasteiger partial charge in [-0.1, -0.05) is 23.2 Å². The molecule has 0 unspecified atom stereocenters. The van der Waals surface area contributed by atoms with E-state index in [0.717, 1.165) is 6.20 Å². The third-order valence-corrected chi connectivity index (χ3v) is 4.45. The van der Waals surface area contributed by atoms with Gasteiger partial charge in [-0.2, -0.15) is 18.3 Å². The van der Waals surface area contributed by atoms with E-state index in [1.165, 1.54) is 42.5 Å². The van der Waals surface area contributed by atoms with Crippen molar-refractivity contribution < 1.29 is 22.7 Å². The number of hydrogen-bond donors (Lipinski definition) is 1. The van der Waals surface area contributed by atoms with Crippen LogP contribution in [0.3, 0.4) is 0 Å². The fourth-order valence-corrected chi connectivity index (χ4v) is 3.04. The first kappa shape index (κ1) is 22.0. The van der Waals surface area contributed by atoms with E-state index in [1.54, 1.807) is 0 Å². The molecular formula is C20H16Cl2F3N3O2. The molecule has 0 aliphatic carbocycles. The number of aromatic nitrogens is 2. The van der Waals surface area contributed by atoms with Crippen molar-refractivity contribution in [2.24, 2.45) is 0 Å². The number of nitrogens with one attached hydrogen (secondary N) is 1. The Morgan fingerprint density at radius 2 is 1.80 bits per heavy atom. The summed E-state index contributed by atoms with van der Waals surface area (Å²) >= 11 is 11.9. The Morgan fingerprint density at radius 3 is 2.37 bits per heavy atom. The van der Waals surface area contributed by atoms with Gasteiger partial charge in [-0.15, -0.1) is 0 Å². The van der Waals surface area contributed by atoms with Crippen molar-refractivity contribution in [3.63, 3.8) is 0 Å². The molecule has 1 aromatic heterocycles. The molecule has 10 heteroatoms. The maximum Gasteiger partial charge on any atom is 0.434 e. The minimum absolute atomic E-state index is 0.115. The Labute approximate surface area is 180 Å². The molecule has 0 fully saturated rings. The van der Waals surface area contributed by atoms with Gasteiger partial charge < -0.3 is 10.1 Å². The Hall–Kier alpha value is -2.71. The van der Waals surface area contributed by atoms with Gasteiger partial charge in [0.15, 0.2) is 5.69 Å². The number of anilines is 1. The molecule has 0 spiro atoms. The second kappa shape index (κ2) is 8.57. The second-order valence-electron chi connectivity index (χ2n) is 6.56. The molecule has 0 saturated carbocycles. The van der Waals surface area contributed by atoms with Gasteiger partial charge in [-0.25, -0.2) is 4.68 Å². The highest BCUT2D eigenvalue weighted by Crippen LogP contribution is 2.35. The van der Waals surface area contributed by atoms with Crippen molar-refractivity contribution in [2.45, 2.75) is 26.1 Å². The molecule has 0 atom stereocenters. The molecule has 3 rings (SSSR count). The van der Waals surface area contributed by atoms with Gasteiger partial charge in [0, 0.05) is 10.7 Å². The molecule has 1 amide bonds. The molecule has 0 radical (unpaired) electrons. The van der Waals surface area contributed by atoms with Crippen LogP contribution in [0.5, 0.6) is 5.75 Å². The topological polar surface area (TPSA) is 56.1 Å². The number of rotatable bonds is 5. The summed E-state index contributed by atoms with van der Waals surface area (Å²) in [5, 5.41) is 6.75. The van der Waals surface area contributed by atoms with Crippen molar-refractivity contribution in [3.8, 4) is 11.4 Å². The molecule has 3 aromatic rings. The lowest BCUT2D eigenvalue weighted by Gasteiger charge is -2.14. The molecule has 1 N–H and O–H groups in total. The Bertz CT molecular complexity index is 1060. The van der Waals surface area contributed by atoms with E-state index in [9.17, 15) is 18.0 Å². The molecule has 30 heavy (non-hydrogen) atoms. The summed E-state index contributed by atoms with van der Waals surface area (Å²) in [6, 6.07) is 10.0. The number of carbonyl (C=O) groups excluding carboxylic acids is 1. The lowest BCUT2D eigenvalue weighted by Crippen LogP contribution is -2.20. The minimum Gasteiger partial charge on any atom is -0.489 e. The van der Waals surface area contributed by atoms with Crippen LogP contribution in [0.4, 0.5) is 18.9 Å². The highest BCUT2D eigenvalue weighted by molar-refractivity contribution is 6.32. The van der Waals surface area contributed by atoms with Gasteiger partial charge in [0.05, 0.1) is 28.6 Å². The zero-order chi connectivity index (χ0) is 22.1. The summed E-state index contributed by atoms with van der Waals surface area (Å²) in [6.07, 6.45) is -4.07. The molecular weight excluding hydrogens is 442 g/mol. The predicted molar refractivity (Wildman–Crippen MR) is 109 cm³/mol. The van der Waals surface area contributed by atoms with Crippen LogP contribution in [0.2, 0.25) is 10.0 Å². The summed E-state index contributed by atoms with van der Waals surface area (Å²) in [4.78, 5) is 12.6. The fraction of sp³-hybridized carbons (Fsp3) is 0.200. The van der Waals surface area contributed by atoms with E-state index in [4.69, 9.17) is 27.9 Å². The van der Waals surface area contributed by atoms with E-state index in [-0.39, 0.29) is 22.5 Å². The minimum atomic E-state index is -4.82. The first-order chi connectivity index (χ1) is 14.1. The quantitative estimate of drug-likeness (QED) is 0.493. The molecule has 0 aliphatic heterocycles. The highest BCUT2D eigenvalue weighted by Gasteiger charge is 2.40. The zero-order valence-corrected chi connectivity index (χ0v) is 17.3. The van der Waals surface area contributed by atoms with E-state index >= 15 is 0 Å². The van der Waals surface area contributed by atoms with Crippen molar-refractivity contribution in [1.82, 2.24) is 9.78 Å². The Morgan fingerprint density at radius 1 is 1.13 bits per heavy atom. The van der Waals surface area contributed by atoms with E-state index in [1.807, 2.05) is 13.8 Å². The number of alkyl halides is 3. The van der Waals surface area contributed by atoms with Gasteiger partial charge >= 0.3 is 6.18 Å². The summed E-state index contributed by atoms with van der Waals surface area (Å²) in [5.41, 5.74) is -1.50. The van der Waals surface area contributed by atoms with Crippen LogP contribution in [-0.2, 0) is 6.18 Å². The summed E-state index contributed by atoms with van der Waals surface area (Å²) in [7, 11) is 0. The third-order valence-electron chi connectivity index (χ3n) is 3.91. The predicted octanol–water partition coefficient (Wildman–Crippen LogP) is 6.24. The second-order valence-corrected chi connectivity index (χ2v) is 7.40. The number of carbonyl (C=O) groups is 1. The summed E-state index contributed by atoms with van der Waals surface area (Å²) < 4.78 is 47.4. The van der Waals surface area contributed by atoms with Crippen molar-refractivity contribution in [3.05, 3.63) is 70.0 Å². The Balaban J connectivity index is 1.93. The number of nitrogens with zero attached hydrogens (tertiary/aromatic N) is 2. The van der Waals surface area contributed by atoms with Crippen molar-refractivity contribution >= 4 is 34.8 Å². The normalized spacial score (nSPS) is 11.6. The monoisotopic (exact) mass is 457 g/mol. The van der Waals surface area contributed by atoms with E-state index in [2.05, 4.69) is 10.4 Å². The van der Waals surface area contributed by atoms with Gasteiger partial charge in [-0.3, -0.25) is 4.79 Å². The molecule has 5 nitrogen and oxygen atoms in total. The first-order valence-corrected chi connectivity index (χ1v) is 9.50. The lowest BCUT2D eigenvalue weighted by atomic mass is 10.2. The molecule has 1 heterocycles. The van der Waals surface area contributed by atoms with Gasteiger partial charge in [-0.05, 0) is 56.3 Å². The maximum absolute atomic E-state index is 13.7. The maximum atomic E-state index is 13.7. The van der Waals surface area contributed by atoms with E-state index in [0.29, 0.717) is 15.5 Å². The molecule has 0 bridgehead atoms. The summed E-state index contributed by atoms with van der Waals surface area (Å²) in [6.45, 7) is 3.64. The average molecular weight is 458 g/mol. The van der Waals surface area contributed by atoms with Crippen LogP contribution >= 0.6 is 23.2 Å². The highest BCUT2D eigenvalue weighted by atomic mass is 35.5. The van der Waals surface area contributed by atoms with Crippen LogP contribution in [-0.4, -0.2) is 21.8 Å². The molecule has 0 saturated heterocycles. The average Bonchev–Trinajstić information content (AvgIpc) is 3.10. The number of halogens is 5. The molecule has 158 valence electrons. The van der Waals surface area contributed by atoms with Crippen LogP contribution in [0.25, 0.3) is 5.69 Å². The lowest BCUT2D eigenvalue weighted by molar-refractivity contribution is -0.143. The number of benzene rings is 2. The SMILES string of the molecule is CC(C)Oc1ccc(NC(=O)c2cnn(-c3ccc(Cl)cc3)c2C(F)(F)F)cc1Cl.